The SMILES string of the molecule is CCOC(=O)N1CCN(CN2C(=O)C(=Nc3cc(Cl)cc(Cl)c3)c3ccccc32)CC1. The van der Waals surface area contributed by atoms with E-state index in [1.54, 1.807) is 34.9 Å². The number of amides is 2. The normalized spacial score (nSPS) is 17.9. The van der Waals surface area contributed by atoms with Crippen LogP contribution in [0.3, 0.4) is 0 Å². The van der Waals surface area contributed by atoms with E-state index >= 15 is 0 Å². The molecule has 1 fully saturated rings. The van der Waals surface area contributed by atoms with Gasteiger partial charge in [-0.1, -0.05) is 41.4 Å². The molecule has 0 atom stereocenters. The van der Waals surface area contributed by atoms with Crippen LogP contribution in [0.2, 0.25) is 10.0 Å². The number of aliphatic imine (C=N–C) groups is 1. The molecule has 0 spiro atoms. The number of fused-ring (bicyclic) bond motifs is 1. The summed E-state index contributed by atoms with van der Waals surface area (Å²) in [6.45, 7) is 5.00. The van der Waals surface area contributed by atoms with Crippen molar-refractivity contribution < 1.29 is 14.3 Å². The second kappa shape index (κ2) is 9.26. The van der Waals surface area contributed by atoms with Crippen molar-refractivity contribution in [3.8, 4) is 0 Å². The maximum absolute atomic E-state index is 13.3. The first-order valence-corrected chi connectivity index (χ1v) is 10.8. The molecule has 0 saturated carbocycles. The van der Waals surface area contributed by atoms with Crippen LogP contribution < -0.4 is 4.90 Å². The summed E-state index contributed by atoms with van der Waals surface area (Å²) in [4.78, 5) is 35.3. The molecule has 2 aliphatic rings. The summed E-state index contributed by atoms with van der Waals surface area (Å²) in [5, 5.41) is 0.920. The van der Waals surface area contributed by atoms with E-state index in [9.17, 15) is 9.59 Å². The van der Waals surface area contributed by atoms with Gasteiger partial charge in [-0.15, -0.1) is 0 Å². The summed E-state index contributed by atoms with van der Waals surface area (Å²) >= 11 is 12.2. The Bertz CT molecular complexity index is 1010. The number of ether oxygens (including phenoxy) is 1. The first kappa shape index (κ1) is 21.6. The van der Waals surface area contributed by atoms with E-state index in [-0.39, 0.29) is 12.0 Å². The molecule has 2 aromatic carbocycles. The lowest BCUT2D eigenvalue weighted by atomic mass is 10.1. The van der Waals surface area contributed by atoms with Gasteiger partial charge >= 0.3 is 6.09 Å². The van der Waals surface area contributed by atoms with Gasteiger partial charge in [-0.25, -0.2) is 9.79 Å². The molecule has 2 aromatic rings. The standard InChI is InChI=1S/C22H22Cl2N4O3/c1-2-31-22(30)27-9-7-26(8-10-27)14-28-19-6-4-3-5-18(19)20(21(28)29)25-17-12-15(23)11-16(24)13-17/h3-6,11-13H,2,7-10,14H2,1H3. The molecule has 1 saturated heterocycles. The molecular weight excluding hydrogens is 439 g/mol. The number of para-hydroxylation sites is 1. The Balaban J connectivity index is 1.53. The Morgan fingerprint density at radius 2 is 1.74 bits per heavy atom. The lowest BCUT2D eigenvalue weighted by molar-refractivity contribution is -0.112. The van der Waals surface area contributed by atoms with Gasteiger partial charge in [0.1, 0.15) is 5.71 Å². The van der Waals surface area contributed by atoms with E-state index in [0.29, 0.717) is 60.9 Å². The van der Waals surface area contributed by atoms with Gasteiger partial charge in [0.05, 0.1) is 24.7 Å². The molecule has 7 nitrogen and oxygen atoms in total. The molecule has 0 radical (unpaired) electrons. The zero-order valence-electron chi connectivity index (χ0n) is 17.1. The van der Waals surface area contributed by atoms with Gasteiger partial charge in [-0.2, -0.15) is 0 Å². The largest absolute Gasteiger partial charge is 0.450 e. The van der Waals surface area contributed by atoms with Gasteiger partial charge in [-0.3, -0.25) is 14.6 Å². The Labute approximate surface area is 190 Å². The Morgan fingerprint density at radius 3 is 2.42 bits per heavy atom. The molecule has 0 unspecified atom stereocenters. The minimum absolute atomic E-state index is 0.176. The van der Waals surface area contributed by atoms with E-state index in [2.05, 4.69) is 9.89 Å². The Kier molecular flexibility index (Phi) is 6.46. The van der Waals surface area contributed by atoms with E-state index in [1.165, 1.54) is 0 Å². The number of benzene rings is 2. The van der Waals surface area contributed by atoms with Gasteiger partial charge in [0.15, 0.2) is 0 Å². The van der Waals surface area contributed by atoms with E-state index in [4.69, 9.17) is 27.9 Å². The molecule has 2 amide bonds. The summed E-state index contributed by atoms with van der Waals surface area (Å²) in [6, 6.07) is 12.6. The van der Waals surface area contributed by atoms with Crippen molar-refractivity contribution in [2.75, 3.05) is 44.4 Å². The van der Waals surface area contributed by atoms with Crippen LogP contribution in [-0.4, -0.2) is 67.0 Å². The van der Waals surface area contributed by atoms with E-state index < -0.39 is 0 Å². The van der Waals surface area contributed by atoms with Crippen molar-refractivity contribution in [3.05, 3.63) is 58.1 Å². The number of anilines is 1. The highest BCUT2D eigenvalue weighted by Crippen LogP contribution is 2.32. The van der Waals surface area contributed by atoms with Crippen LogP contribution in [0, 0.1) is 0 Å². The minimum Gasteiger partial charge on any atom is -0.450 e. The van der Waals surface area contributed by atoms with Gasteiger partial charge in [0.25, 0.3) is 5.91 Å². The number of piperazine rings is 1. The highest BCUT2D eigenvalue weighted by atomic mass is 35.5. The van der Waals surface area contributed by atoms with Crippen LogP contribution in [0.15, 0.2) is 47.5 Å². The van der Waals surface area contributed by atoms with Crippen LogP contribution in [-0.2, 0) is 9.53 Å². The number of carbonyl (C=O) groups excluding carboxylic acids is 2. The first-order valence-electron chi connectivity index (χ1n) is 10.1. The van der Waals surface area contributed by atoms with Gasteiger partial charge in [0, 0.05) is 41.8 Å². The molecule has 0 N–H and O–H groups in total. The fourth-order valence-electron chi connectivity index (χ4n) is 3.73. The molecule has 0 aliphatic carbocycles. The van der Waals surface area contributed by atoms with Crippen LogP contribution in [0.1, 0.15) is 12.5 Å². The predicted octanol–water partition coefficient (Wildman–Crippen LogP) is 4.19. The second-order valence-corrected chi connectivity index (χ2v) is 8.16. The number of rotatable bonds is 4. The van der Waals surface area contributed by atoms with Crippen LogP contribution in [0.4, 0.5) is 16.2 Å². The third-order valence-electron chi connectivity index (χ3n) is 5.23. The second-order valence-electron chi connectivity index (χ2n) is 7.28. The zero-order valence-corrected chi connectivity index (χ0v) is 18.6. The third-order valence-corrected chi connectivity index (χ3v) is 5.66. The van der Waals surface area contributed by atoms with Gasteiger partial charge in [0.2, 0.25) is 0 Å². The molecule has 0 bridgehead atoms. The lowest BCUT2D eigenvalue weighted by Gasteiger charge is -2.36. The molecular formula is C22H22Cl2N4O3. The summed E-state index contributed by atoms with van der Waals surface area (Å²) < 4.78 is 5.07. The van der Waals surface area contributed by atoms with E-state index in [1.807, 2.05) is 24.3 Å². The molecule has 2 aliphatic heterocycles. The smallest absolute Gasteiger partial charge is 0.409 e. The fraction of sp³-hybridized carbons (Fsp3) is 0.318. The highest BCUT2D eigenvalue weighted by molar-refractivity contribution is 6.54. The van der Waals surface area contributed by atoms with Crippen LogP contribution in [0.5, 0.6) is 0 Å². The predicted molar refractivity (Wildman–Crippen MR) is 122 cm³/mol. The summed E-state index contributed by atoms with van der Waals surface area (Å²) in [5.41, 5.74) is 2.47. The van der Waals surface area contributed by atoms with Crippen molar-refractivity contribution in [2.24, 2.45) is 4.99 Å². The maximum atomic E-state index is 13.3. The molecule has 9 heteroatoms. The highest BCUT2D eigenvalue weighted by Gasteiger charge is 2.35. The van der Waals surface area contributed by atoms with Crippen LogP contribution in [0.25, 0.3) is 0 Å². The quantitative estimate of drug-likeness (QED) is 0.685. The van der Waals surface area contributed by atoms with Crippen molar-refractivity contribution in [3.63, 3.8) is 0 Å². The minimum atomic E-state index is -0.292. The average Bonchev–Trinajstić information content (AvgIpc) is 3.00. The van der Waals surface area contributed by atoms with Crippen molar-refractivity contribution in [2.45, 2.75) is 6.92 Å². The van der Waals surface area contributed by atoms with E-state index in [0.717, 1.165) is 11.3 Å². The number of halogens is 2. The summed E-state index contributed by atoms with van der Waals surface area (Å²) in [7, 11) is 0. The average molecular weight is 461 g/mol. The Morgan fingerprint density at radius 1 is 1.06 bits per heavy atom. The number of carbonyl (C=O) groups is 2. The van der Waals surface area contributed by atoms with Gasteiger partial charge < -0.3 is 9.64 Å². The number of hydrogen-bond acceptors (Lipinski definition) is 5. The lowest BCUT2D eigenvalue weighted by Crippen LogP contribution is -2.52. The summed E-state index contributed by atoms with van der Waals surface area (Å²) in [6.07, 6.45) is -0.292. The van der Waals surface area contributed by atoms with Crippen LogP contribution >= 0.6 is 23.2 Å². The zero-order chi connectivity index (χ0) is 22.0. The Hall–Kier alpha value is -2.61. The number of hydrogen-bond donors (Lipinski definition) is 0. The first-order chi connectivity index (χ1) is 15.0. The molecule has 162 valence electrons. The fourth-order valence-corrected chi connectivity index (χ4v) is 4.24. The van der Waals surface area contributed by atoms with Gasteiger partial charge in [-0.05, 0) is 31.2 Å². The molecule has 31 heavy (non-hydrogen) atoms. The number of nitrogens with zero attached hydrogens (tertiary/aromatic N) is 4. The topological polar surface area (TPSA) is 65.5 Å². The van der Waals surface area contributed by atoms with Crippen molar-refractivity contribution >= 4 is 52.3 Å². The van der Waals surface area contributed by atoms with Crippen molar-refractivity contribution in [1.29, 1.82) is 0 Å². The van der Waals surface area contributed by atoms with Crippen molar-refractivity contribution in [1.82, 2.24) is 9.80 Å². The third kappa shape index (κ3) is 4.69. The monoisotopic (exact) mass is 460 g/mol. The molecule has 4 rings (SSSR count). The molecule has 2 heterocycles. The summed E-state index contributed by atoms with van der Waals surface area (Å²) in [5.74, 6) is -0.176. The molecule has 0 aromatic heterocycles. The maximum Gasteiger partial charge on any atom is 0.409 e.